The van der Waals surface area contributed by atoms with E-state index in [9.17, 15) is 14.7 Å². The maximum atomic E-state index is 12.3. The van der Waals surface area contributed by atoms with E-state index in [4.69, 9.17) is 0 Å². The van der Waals surface area contributed by atoms with Crippen molar-refractivity contribution < 1.29 is 14.7 Å². The highest BCUT2D eigenvalue weighted by Crippen LogP contribution is 2.33. The van der Waals surface area contributed by atoms with Gasteiger partial charge in [-0.2, -0.15) is 0 Å². The number of aryl methyl sites for hydroxylation is 1. The van der Waals surface area contributed by atoms with E-state index in [0.717, 1.165) is 30.4 Å². The molecule has 0 radical (unpaired) electrons. The number of carboxylic acid groups (broad SMARTS) is 1. The topological polar surface area (TPSA) is 54.4 Å². The van der Waals surface area contributed by atoms with Crippen LogP contribution >= 0.6 is 0 Å². The Hall–Kier alpha value is -1.64. The zero-order valence-corrected chi connectivity index (χ0v) is 11.3. The Morgan fingerprint density at radius 3 is 2.58 bits per heavy atom. The molecule has 102 valence electrons. The number of ketones is 1. The number of carbonyl (C=O) groups excluding carboxylic acids is 1. The first-order valence-electron chi connectivity index (χ1n) is 6.91. The highest BCUT2D eigenvalue weighted by molar-refractivity contribution is 5.97. The molecule has 0 bridgehead atoms. The van der Waals surface area contributed by atoms with E-state index in [2.05, 4.69) is 0 Å². The van der Waals surface area contributed by atoms with Crippen molar-refractivity contribution in [3.63, 3.8) is 0 Å². The Morgan fingerprint density at radius 1 is 1.21 bits per heavy atom. The standard InChI is InChI=1S/C16H20O3/c1-11-6-2-4-8-13(11)15(17)10-12-7-3-5-9-14(12)16(18)19/h2,4,6,8,12,14H,3,5,7,9-10H2,1H3,(H,18,19)/t12-,14-/m0/s1. The van der Waals surface area contributed by atoms with Gasteiger partial charge in [-0.15, -0.1) is 0 Å². The summed E-state index contributed by atoms with van der Waals surface area (Å²) >= 11 is 0. The molecule has 3 heteroatoms. The minimum absolute atomic E-state index is 0.00152. The van der Waals surface area contributed by atoms with E-state index < -0.39 is 5.97 Å². The van der Waals surface area contributed by atoms with Crippen LogP contribution in [0, 0.1) is 18.8 Å². The SMILES string of the molecule is Cc1ccccc1C(=O)C[C@@H]1CCCC[C@@H]1C(=O)O. The molecule has 1 fully saturated rings. The molecular formula is C16H20O3. The molecule has 1 aromatic rings. The number of aliphatic carboxylic acids is 1. The molecule has 1 aliphatic rings. The lowest BCUT2D eigenvalue weighted by Gasteiger charge is -2.28. The molecule has 0 aliphatic heterocycles. The molecule has 1 N–H and O–H groups in total. The second-order valence-corrected chi connectivity index (χ2v) is 5.43. The predicted octanol–water partition coefficient (Wildman–Crippen LogP) is 3.46. The van der Waals surface area contributed by atoms with E-state index in [0.29, 0.717) is 12.8 Å². The van der Waals surface area contributed by atoms with Crippen molar-refractivity contribution in [2.24, 2.45) is 11.8 Å². The fraction of sp³-hybridized carbons (Fsp3) is 0.500. The van der Waals surface area contributed by atoms with Crippen molar-refractivity contribution in [2.45, 2.75) is 39.0 Å². The summed E-state index contributed by atoms with van der Waals surface area (Å²) in [6.07, 6.45) is 3.93. The molecule has 0 heterocycles. The Morgan fingerprint density at radius 2 is 1.89 bits per heavy atom. The van der Waals surface area contributed by atoms with E-state index in [1.54, 1.807) is 0 Å². The zero-order valence-electron chi connectivity index (χ0n) is 11.3. The lowest BCUT2D eigenvalue weighted by atomic mass is 9.76. The number of carbonyl (C=O) groups is 2. The predicted molar refractivity (Wildman–Crippen MR) is 73.2 cm³/mol. The molecule has 1 saturated carbocycles. The molecule has 19 heavy (non-hydrogen) atoms. The first kappa shape index (κ1) is 13.8. The third-order valence-electron chi connectivity index (χ3n) is 4.12. The molecule has 3 nitrogen and oxygen atoms in total. The first-order valence-corrected chi connectivity index (χ1v) is 6.91. The van der Waals surface area contributed by atoms with Crippen LogP contribution in [0.15, 0.2) is 24.3 Å². The second kappa shape index (κ2) is 6.00. The molecule has 2 atom stereocenters. The first-order chi connectivity index (χ1) is 9.09. The summed E-state index contributed by atoms with van der Waals surface area (Å²) in [5.74, 6) is -1.02. The van der Waals surface area contributed by atoms with Crippen LogP contribution in [0.1, 0.15) is 48.0 Å². The number of carboxylic acids is 1. The molecule has 1 aromatic carbocycles. The summed E-state index contributed by atoms with van der Waals surface area (Å²) in [6.45, 7) is 1.92. The van der Waals surface area contributed by atoms with Crippen molar-refractivity contribution >= 4 is 11.8 Å². The number of hydrogen-bond donors (Lipinski definition) is 1. The number of Topliss-reactive ketones (excluding diaryl/α,β-unsaturated/α-hetero) is 1. The van der Waals surface area contributed by atoms with Crippen LogP contribution in [0.25, 0.3) is 0 Å². The minimum Gasteiger partial charge on any atom is -0.481 e. The largest absolute Gasteiger partial charge is 0.481 e. The van der Waals surface area contributed by atoms with E-state index in [1.165, 1.54) is 0 Å². The Balaban J connectivity index is 2.09. The monoisotopic (exact) mass is 260 g/mol. The summed E-state index contributed by atoms with van der Waals surface area (Å²) in [4.78, 5) is 23.5. The van der Waals surface area contributed by atoms with Gasteiger partial charge in [-0.3, -0.25) is 9.59 Å². The van der Waals surface area contributed by atoms with Crippen molar-refractivity contribution in [1.29, 1.82) is 0 Å². The van der Waals surface area contributed by atoms with Gasteiger partial charge in [0, 0.05) is 12.0 Å². The summed E-state index contributed by atoms with van der Waals surface area (Å²) in [5, 5.41) is 9.24. The Bertz CT molecular complexity index is 479. The third kappa shape index (κ3) is 3.22. The summed E-state index contributed by atoms with van der Waals surface area (Å²) < 4.78 is 0. The van der Waals surface area contributed by atoms with Gasteiger partial charge in [-0.1, -0.05) is 37.1 Å². The van der Waals surface area contributed by atoms with Gasteiger partial charge >= 0.3 is 5.97 Å². The van der Waals surface area contributed by atoms with Gasteiger partial charge in [0.1, 0.15) is 0 Å². The van der Waals surface area contributed by atoms with E-state index in [1.807, 2.05) is 31.2 Å². The quantitative estimate of drug-likeness (QED) is 0.843. The fourth-order valence-electron chi connectivity index (χ4n) is 3.01. The molecule has 0 spiro atoms. The molecular weight excluding hydrogens is 240 g/mol. The Kier molecular flexibility index (Phi) is 4.35. The summed E-state index contributed by atoms with van der Waals surface area (Å²) in [5.41, 5.74) is 1.70. The number of benzene rings is 1. The average Bonchev–Trinajstić information content (AvgIpc) is 2.39. The highest BCUT2D eigenvalue weighted by Gasteiger charge is 2.32. The third-order valence-corrected chi connectivity index (χ3v) is 4.12. The van der Waals surface area contributed by atoms with Crippen LogP contribution in [0.3, 0.4) is 0 Å². The average molecular weight is 260 g/mol. The van der Waals surface area contributed by atoms with Crippen molar-refractivity contribution in [1.82, 2.24) is 0 Å². The molecule has 0 amide bonds. The molecule has 1 aliphatic carbocycles. The van der Waals surface area contributed by atoms with Crippen LogP contribution in [-0.4, -0.2) is 16.9 Å². The summed E-state index contributed by atoms with van der Waals surface area (Å²) in [7, 11) is 0. The van der Waals surface area contributed by atoms with Crippen LogP contribution < -0.4 is 0 Å². The van der Waals surface area contributed by atoms with Gasteiger partial charge < -0.3 is 5.11 Å². The molecule has 0 unspecified atom stereocenters. The van der Waals surface area contributed by atoms with Gasteiger partial charge in [-0.05, 0) is 31.2 Å². The molecule has 2 rings (SSSR count). The van der Waals surface area contributed by atoms with Gasteiger partial charge in [0.2, 0.25) is 0 Å². The smallest absolute Gasteiger partial charge is 0.306 e. The van der Waals surface area contributed by atoms with Crippen LogP contribution in [0.4, 0.5) is 0 Å². The number of rotatable bonds is 4. The van der Waals surface area contributed by atoms with Gasteiger partial charge in [0.15, 0.2) is 5.78 Å². The van der Waals surface area contributed by atoms with Crippen molar-refractivity contribution in [2.75, 3.05) is 0 Å². The minimum atomic E-state index is -0.748. The zero-order chi connectivity index (χ0) is 13.8. The molecule has 0 aromatic heterocycles. The maximum absolute atomic E-state index is 12.3. The fourth-order valence-corrected chi connectivity index (χ4v) is 3.01. The summed E-state index contributed by atoms with van der Waals surface area (Å²) in [6, 6.07) is 7.52. The normalized spacial score (nSPS) is 23.0. The van der Waals surface area contributed by atoms with Crippen LogP contribution in [0.2, 0.25) is 0 Å². The van der Waals surface area contributed by atoms with E-state index in [-0.39, 0.29) is 17.6 Å². The molecule has 0 saturated heterocycles. The Labute approximate surface area is 113 Å². The van der Waals surface area contributed by atoms with Crippen molar-refractivity contribution in [3.05, 3.63) is 35.4 Å². The van der Waals surface area contributed by atoms with Crippen molar-refractivity contribution in [3.8, 4) is 0 Å². The van der Waals surface area contributed by atoms with Crippen LogP contribution in [-0.2, 0) is 4.79 Å². The number of hydrogen-bond acceptors (Lipinski definition) is 2. The second-order valence-electron chi connectivity index (χ2n) is 5.43. The highest BCUT2D eigenvalue weighted by atomic mass is 16.4. The van der Waals surface area contributed by atoms with Gasteiger partial charge in [0.05, 0.1) is 5.92 Å². The van der Waals surface area contributed by atoms with Gasteiger partial charge in [-0.25, -0.2) is 0 Å². The lowest BCUT2D eigenvalue weighted by Crippen LogP contribution is -2.28. The lowest BCUT2D eigenvalue weighted by molar-refractivity contribution is -0.144. The van der Waals surface area contributed by atoms with E-state index >= 15 is 0 Å². The maximum Gasteiger partial charge on any atom is 0.306 e. The van der Waals surface area contributed by atoms with Gasteiger partial charge in [0.25, 0.3) is 0 Å². The van der Waals surface area contributed by atoms with Crippen LogP contribution in [0.5, 0.6) is 0 Å².